The van der Waals surface area contributed by atoms with Gasteiger partial charge in [0.1, 0.15) is 5.75 Å². The van der Waals surface area contributed by atoms with Crippen LogP contribution in [0.5, 0.6) is 5.75 Å². The first-order valence-corrected chi connectivity index (χ1v) is 8.73. The molecule has 25 heavy (non-hydrogen) atoms. The van der Waals surface area contributed by atoms with Crippen LogP contribution in [0.15, 0.2) is 48.7 Å². The van der Waals surface area contributed by atoms with Gasteiger partial charge in [-0.3, -0.25) is 4.79 Å². The quantitative estimate of drug-likeness (QED) is 0.605. The molecule has 2 aromatic carbocycles. The molecular weight excluding hydrogens is 334 g/mol. The van der Waals surface area contributed by atoms with E-state index in [0.29, 0.717) is 11.6 Å². The molecular formula is C19H17N3O2S. The number of hydrogen-bond acceptors (Lipinski definition) is 4. The van der Waals surface area contributed by atoms with Crippen molar-refractivity contribution in [1.82, 2.24) is 9.55 Å². The largest absolute Gasteiger partial charge is 0.497 e. The van der Waals surface area contributed by atoms with Gasteiger partial charge in [-0.05, 0) is 23.8 Å². The van der Waals surface area contributed by atoms with Crippen molar-refractivity contribution in [1.29, 1.82) is 0 Å². The van der Waals surface area contributed by atoms with E-state index in [9.17, 15) is 4.79 Å². The van der Waals surface area contributed by atoms with Crippen molar-refractivity contribution in [2.75, 3.05) is 12.4 Å². The van der Waals surface area contributed by atoms with Gasteiger partial charge in [0.05, 0.1) is 23.7 Å². The van der Waals surface area contributed by atoms with Gasteiger partial charge in [0.25, 0.3) is 0 Å². The summed E-state index contributed by atoms with van der Waals surface area (Å²) in [6.07, 6.45) is 2.33. The van der Waals surface area contributed by atoms with Crippen LogP contribution in [0, 0.1) is 0 Å². The lowest BCUT2D eigenvalue weighted by atomic mass is 10.1. The summed E-state index contributed by atoms with van der Waals surface area (Å²) in [5, 5.41) is 4.62. The molecule has 1 amide bonds. The van der Waals surface area contributed by atoms with E-state index in [0.717, 1.165) is 32.4 Å². The van der Waals surface area contributed by atoms with E-state index >= 15 is 0 Å². The van der Waals surface area contributed by atoms with E-state index < -0.39 is 0 Å². The normalized spacial score (nSPS) is 11.1. The number of nitrogens with zero attached hydrogens (tertiary/aromatic N) is 2. The summed E-state index contributed by atoms with van der Waals surface area (Å²) >= 11 is 1.46. The molecule has 2 heterocycles. The molecule has 0 atom stereocenters. The van der Waals surface area contributed by atoms with Gasteiger partial charge in [-0.25, -0.2) is 4.98 Å². The number of anilines is 1. The van der Waals surface area contributed by atoms with Gasteiger partial charge < -0.3 is 14.6 Å². The molecule has 0 fully saturated rings. The number of thiazole rings is 1. The molecule has 0 aliphatic rings. The van der Waals surface area contributed by atoms with Gasteiger partial charge in [-0.2, -0.15) is 0 Å². The number of nitrogens with one attached hydrogen (secondary N) is 1. The Morgan fingerprint density at radius 1 is 1.28 bits per heavy atom. The molecule has 5 nitrogen and oxygen atoms in total. The van der Waals surface area contributed by atoms with Gasteiger partial charge in [0.15, 0.2) is 5.13 Å². The predicted octanol–water partition coefficient (Wildman–Crippen LogP) is 3.98. The number of para-hydroxylation sites is 1. The second kappa shape index (κ2) is 6.22. The smallest absolute Gasteiger partial charge is 0.230 e. The second-order valence-corrected chi connectivity index (χ2v) is 6.89. The average molecular weight is 351 g/mol. The summed E-state index contributed by atoms with van der Waals surface area (Å²) < 4.78 is 8.27. The van der Waals surface area contributed by atoms with Crippen molar-refractivity contribution in [3.05, 3.63) is 54.2 Å². The Labute approximate surface area is 148 Å². The maximum absolute atomic E-state index is 12.5. The highest BCUT2D eigenvalue weighted by Crippen LogP contribution is 2.29. The van der Waals surface area contributed by atoms with E-state index in [1.165, 1.54) is 11.3 Å². The maximum atomic E-state index is 12.5. The molecule has 4 rings (SSSR count). The first-order valence-electron chi connectivity index (χ1n) is 7.91. The average Bonchev–Trinajstić information content (AvgIpc) is 3.15. The van der Waals surface area contributed by atoms with Crippen LogP contribution in [0.25, 0.3) is 21.1 Å². The molecule has 0 aliphatic carbocycles. The molecule has 0 saturated heterocycles. The number of aryl methyl sites for hydroxylation is 1. The van der Waals surface area contributed by atoms with Crippen LogP contribution < -0.4 is 10.1 Å². The second-order valence-electron chi connectivity index (χ2n) is 5.86. The standard InChI is InChI=1S/C19H17N3O2S/c1-22-11-12(14-5-3-4-6-16(14)22)9-18(23)21-19-20-15-10-13(24-2)7-8-17(15)25-19/h3-8,10-11H,9H2,1-2H3,(H,20,21,23). The number of aromatic nitrogens is 2. The summed E-state index contributed by atoms with van der Waals surface area (Å²) in [5.74, 6) is 0.689. The van der Waals surface area contributed by atoms with E-state index in [1.54, 1.807) is 7.11 Å². The van der Waals surface area contributed by atoms with Crippen LogP contribution in [-0.2, 0) is 18.3 Å². The predicted molar refractivity (Wildman–Crippen MR) is 101 cm³/mol. The molecule has 1 N–H and O–H groups in total. The topological polar surface area (TPSA) is 56.1 Å². The van der Waals surface area contributed by atoms with Crippen molar-refractivity contribution in [3.63, 3.8) is 0 Å². The summed E-state index contributed by atoms with van der Waals surface area (Å²) in [4.78, 5) is 16.9. The molecule has 0 saturated carbocycles. The third-order valence-electron chi connectivity index (χ3n) is 4.17. The van der Waals surface area contributed by atoms with Gasteiger partial charge >= 0.3 is 0 Å². The van der Waals surface area contributed by atoms with Crippen LogP contribution >= 0.6 is 11.3 Å². The zero-order valence-corrected chi connectivity index (χ0v) is 14.8. The third kappa shape index (κ3) is 2.96. The number of rotatable bonds is 4. The Hall–Kier alpha value is -2.86. The van der Waals surface area contributed by atoms with Crippen molar-refractivity contribution in [2.24, 2.45) is 7.05 Å². The zero-order chi connectivity index (χ0) is 17.4. The van der Waals surface area contributed by atoms with Crippen molar-refractivity contribution < 1.29 is 9.53 Å². The lowest BCUT2D eigenvalue weighted by molar-refractivity contribution is -0.115. The fraction of sp³-hybridized carbons (Fsp3) is 0.158. The highest BCUT2D eigenvalue weighted by atomic mass is 32.1. The molecule has 126 valence electrons. The molecule has 0 unspecified atom stereocenters. The highest BCUT2D eigenvalue weighted by molar-refractivity contribution is 7.22. The fourth-order valence-electron chi connectivity index (χ4n) is 2.99. The van der Waals surface area contributed by atoms with E-state index in [-0.39, 0.29) is 5.91 Å². The van der Waals surface area contributed by atoms with Gasteiger partial charge in [0.2, 0.25) is 5.91 Å². The Bertz CT molecular complexity index is 1080. The lowest BCUT2D eigenvalue weighted by Gasteiger charge is -2.00. The minimum Gasteiger partial charge on any atom is -0.497 e. The molecule has 6 heteroatoms. The number of benzene rings is 2. The third-order valence-corrected chi connectivity index (χ3v) is 5.12. The summed E-state index contributed by atoms with van der Waals surface area (Å²) in [5.41, 5.74) is 2.96. The summed E-state index contributed by atoms with van der Waals surface area (Å²) in [7, 11) is 3.62. The molecule has 2 aromatic heterocycles. The first-order chi connectivity index (χ1) is 12.1. The molecule has 0 radical (unpaired) electrons. The van der Waals surface area contributed by atoms with E-state index in [1.807, 2.05) is 54.2 Å². The molecule has 0 aliphatic heterocycles. The summed E-state index contributed by atoms with van der Waals surface area (Å²) in [6, 6.07) is 13.8. The van der Waals surface area contributed by atoms with Gasteiger partial charge in [0, 0.05) is 30.2 Å². The number of carbonyl (C=O) groups is 1. The van der Waals surface area contributed by atoms with E-state index in [2.05, 4.69) is 16.4 Å². The molecule has 4 aromatic rings. The molecule has 0 spiro atoms. The monoisotopic (exact) mass is 351 g/mol. The first kappa shape index (κ1) is 15.7. The summed E-state index contributed by atoms with van der Waals surface area (Å²) in [6.45, 7) is 0. The number of amides is 1. The molecule has 0 bridgehead atoms. The maximum Gasteiger partial charge on any atom is 0.230 e. The minimum atomic E-state index is -0.0672. The Morgan fingerprint density at radius 3 is 2.96 bits per heavy atom. The van der Waals surface area contributed by atoms with E-state index in [4.69, 9.17) is 4.74 Å². The van der Waals surface area contributed by atoms with Crippen molar-refractivity contribution in [3.8, 4) is 5.75 Å². The lowest BCUT2D eigenvalue weighted by Crippen LogP contribution is -2.13. The Kier molecular flexibility index (Phi) is 3.89. The van der Waals surface area contributed by atoms with Crippen LogP contribution in [0.2, 0.25) is 0 Å². The SMILES string of the molecule is COc1ccc2sc(NC(=O)Cc3cn(C)c4ccccc34)nc2c1. The number of hydrogen-bond donors (Lipinski definition) is 1. The van der Waals surface area contributed by atoms with Crippen LogP contribution in [-0.4, -0.2) is 22.6 Å². The van der Waals surface area contributed by atoms with Crippen LogP contribution in [0.3, 0.4) is 0 Å². The number of ether oxygens (including phenoxy) is 1. The van der Waals surface area contributed by atoms with Crippen molar-refractivity contribution in [2.45, 2.75) is 6.42 Å². The fourth-order valence-corrected chi connectivity index (χ4v) is 3.85. The minimum absolute atomic E-state index is 0.0672. The van der Waals surface area contributed by atoms with Crippen LogP contribution in [0.1, 0.15) is 5.56 Å². The Balaban J connectivity index is 1.55. The van der Waals surface area contributed by atoms with Crippen LogP contribution in [0.4, 0.5) is 5.13 Å². The number of carbonyl (C=O) groups excluding carboxylic acids is 1. The van der Waals surface area contributed by atoms with Gasteiger partial charge in [-0.1, -0.05) is 29.5 Å². The Morgan fingerprint density at radius 2 is 2.12 bits per heavy atom. The zero-order valence-electron chi connectivity index (χ0n) is 13.9. The highest BCUT2D eigenvalue weighted by Gasteiger charge is 2.13. The van der Waals surface area contributed by atoms with Gasteiger partial charge in [-0.15, -0.1) is 0 Å². The van der Waals surface area contributed by atoms with Crippen molar-refractivity contribution >= 4 is 43.5 Å². The number of fused-ring (bicyclic) bond motifs is 2. The number of methoxy groups -OCH3 is 1.